The number of carboxylic acids is 1. The predicted molar refractivity (Wildman–Crippen MR) is 67.9 cm³/mol. The minimum atomic E-state index is -0.806. The Bertz CT molecular complexity index is 330. The molecule has 18 heavy (non-hydrogen) atoms. The first-order valence-electron chi connectivity index (χ1n) is 7.01. The number of fused-ring (bicyclic) bond motifs is 1. The average molecular weight is 253 g/mol. The summed E-state index contributed by atoms with van der Waals surface area (Å²) in [6, 6.07) is 0. The van der Waals surface area contributed by atoms with E-state index >= 15 is 0 Å². The van der Waals surface area contributed by atoms with Gasteiger partial charge in [-0.25, -0.2) is 0 Å². The lowest BCUT2D eigenvalue weighted by atomic mass is 9.97. The van der Waals surface area contributed by atoms with E-state index in [0.29, 0.717) is 24.2 Å². The zero-order valence-corrected chi connectivity index (χ0v) is 11.2. The van der Waals surface area contributed by atoms with Gasteiger partial charge in [-0.2, -0.15) is 0 Å². The Morgan fingerprint density at radius 1 is 1.28 bits per heavy atom. The van der Waals surface area contributed by atoms with Gasteiger partial charge in [-0.15, -0.1) is 0 Å². The van der Waals surface area contributed by atoms with Crippen molar-refractivity contribution in [1.29, 1.82) is 0 Å². The van der Waals surface area contributed by atoms with Crippen LogP contribution in [0.3, 0.4) is 0 Å². The maximum Gasteiger partial charge on any atom is 0.308 e. The number of hydrogen-bond donors (Lipinski definition) is 2. The van der Waals surface area contributed by atoms with Crippen LogP contribution in [0.15, 0.2) is 0 Å². The number of carbonyl (C=O) groups is 2. The van der Waals surface area contributed by atoms with E-state index in [1.165, 1.54) is 19.3 Å². The summed E-state index contributed by atoms with van der Waals surface area (Å²) < 4.78 is 0. The molecular formula is C14H23NO3. The highest BCUT2D eigenvalue weighted by molar-refractivity contribution is 5.83. The second-order valence-corrected chi connectivity index (χ2v) is 6.19. The second-order valence-electron chi connectivity index (χ2n) is 6.19. The molecule has 2 aliphatic carbocycles. The van der Waals surface area contributed by atoms with Crippen LogP contribution in [0.2, 0.25) is 0 Å². The van der Waals surface area contributed by atoms with E-state index in [9.17, 15) is 9.59 Å². The Labute approximate surface area is 108 Å². The standard InChI is InChI=1S/C14H23NO3/c1-8(2)6-9(14(17)18)7-15-13(16)12-10-4-3-5-11(10)12/h8-12H,3-7H2,1-2H3,(H,15,16)(H,17,18). The van der Waals surface area contributed by atoms with Gasteiger partial charge in [-0.05, 0) is 37.0 Å². The molecular weight excluding hydrogens is 230 g/mol. The summed E-state index contributed by atoms with van der Waals surface area (Å²) in [5.41, 5.74) is 0. The first kappa shape index (κ1) is 13.4. The van der Waals surface area contributed by atoms with Gasteiger partial charge in [0.15, 0.2) is 0 Å². The molecule has 2 aliphatic rings. The van der Waals surface area contributed by atoms with Gasteiger partial charge in [-0.1, -0.05) is 20.3 Å². The Hall–Kier alpha value is -1.06. The van der Waals surface area contributed by atoms with Crippen molar-refractivity contribution in [2.75, 3.05) is 6.54 Å². The largest absolute Gasteiger partial charge is 0.481 e. The van der Waals surface area contributed by atoms with Crippen LogP contribution in [-0.4, -0.2) is 23.5 Å². The van der Waals surface area contributed by atoms with Crippen LogP contribution in [0.1, 0.15) is 39.5 Å². The second kappa shape index (κ2) is 5.29. The number of carbonyl (C=O) groups excluding carboxylic acids is 1. The molecule has 2 saturated carbocycles. The fraction of sp³-hybridized carbons (Fsp3) is 0.857. The van der Waals surface area contributed by atoms with Gasteiger partial charge >= 0.3 is 5.97 Å². The molecule has 0 heterocycles. The molecule has 3 unspecified atom stereocenters. The number of hydrogen-bond acceptors (Lipinski definition) is 2. The summed E-state index contributed by atoms with van der Waals surface area (Å²) in [6.07, 6.45) is 4.23. The van der Waals surface area contributed by atoms with Crippen LogP contribution in [0.5, 0.6) is 0 Å². The lowest BCUT2D eigenvalue weighted by Gasteiger charge is -2.15. The first-order valence-corrected chi connectivity index (χ1v) is 7.01. The van der Waals surface area contributed by atoms with Crippen molar-refractivity contribution in [3.05, 3.63) is 0 Å². The molecule has 1 amide bonds. The molecule has 0 radical (unpaired) electrons. The van der Waals surface area contributed by atoms with E-state index in [1.807, 2.05) is 13.8 Å². The molecule has 0 aliphatic heterocycles. The average Bonchev–Trinajstić information content (AvgIpc) is 2.77. The normalized spacial score (nSPS) is 30.9. The molecule has 2 fully saturated rings. The third-order valence-electron chi connectivity index (χ3n) is 4.34. The molecule has 0 saturated heterocycles. The maximum atomic E-state index is 11.9. The number of rotatable bonds is 6. The monoisotopic (exact) mass is 253 g/mol. The van der Waals surface area contributed by atoms with Gasteiger partial charge in [-0.3, -0.25) is 9.59 Å². The van der Waals surface area contributed by atoms with Gasteiger partial charge in [0, 0.05) is 12.5 Å². The van der Waals surface area contributed by atoms with Gasteiger partial charge in [0.2, 0.25) is 5.91 Å². The van der Waals surface area contributed by atoms with Crippen molar-refractivity contribution in [1.82, 2.24) is 5.32 Å². The topological polar surface area (TPSA) is 66.4 Å². The van der Waals surface area contributed by atoms with Crippen molar-refractivity contribution in [3.63, 3.8) is 0 Å². The number of nitrogens with one attached hydrogen (secondary N) is 1. The van der Waals surface area contributed by atoms with E-state index in [1.54, 1.807) is 0 Å². The van der Waals surface area contributed by atoms with Crippen LogP contribution in [0, 0.1) is 29.6 Å². The highest BCUT2D eigenvalue weighted by Gasteiger charge is 2.56. The summed E-state index contributed by atoms with van der Waals surface area (Å²) in [7, 11) is 0. The fourth-order valence-electron chi connectivity index (χ4n) is 3.39. The molecule has 0 aromatic carbocycles. The Morgan fingerprint density at radius 2 is 1.89 bits per heavy atom. The van der Waals surface area contributed by atoms with Gasteiger partial charge in [0.25, 0.3) is 0 Å². The van der Waals surface area contributed by atoms with Gasteiger partial charge in [0.1, 0.15) is 0 Å². The highest BCUT2D eigenvalue weighted by Crippen LogP contribution is 2.57. The summed E-state index contributed by atoms with van der Waals surface area (Å²) in [5, 5.41) is 11.9. The maximum absolute atomic E-state index is 11.9. The van der Waals surface area contributed by atoms with Crippen molar-refractivity contribution < 1.29 is 14.7 Å². The van der Waals surface area contributed by atoms with E-state index in [-0.39, 0.29) is 18.4 Å². The minimum Gasteiger partial charge on any atom is -0.481 e. The lowest BCUT2D eigenvalue weighted by molar-refractivity contribution is -0.142. The Morgan fingerprint density at radius 3 is 2.39 bits per heavy atom. The molecule has 2 rings (SSSR count). The molecule has 0 aromatic heterocycles. The zero-order valence-electron chi connectivity index (χ0n) is 11.2. The van der Waals surface area contributed by atoms with Crippen LogP contribution < -0.4 is 5.32 Å². The molecule has 3 atom stereocenters. The predicted octanol–water partition coefficient (Wildman–Crippen LogP) is 1.90. The van der Waals surface area contributed by atoms with Crippen LogP contribution in [0.4, 0.5) is 0 Å². The van der Waals surface area contributed by atoms with E-state index in [4.69, 9.17) is 5.11 Å². The number of carboxylic acid groups (broad SMARTS) is 1. The lowest BCUT2D eigenvalue weighted by Crippen LogP contribution is -2.35. The van der Waals surface area contributed by atoms with Gasteiger partial charge in [0.05, 0.1) is 5.92 Å². The van der Waals surface area contributed by atoms with E-state index < -0.39 is 11.9 Å². The molecule has 4 nitrogen and oxygen atoms in total. The summed E-state index contributed by atoms with van der Waals surface area (Å²) in [6.45, 7) is 4.29. The Balaban J connectivity index is 1.75. The molecule has 0 spiro atoms. The van der Waals surface area contributed by atoms with E-state index in [2.05, 4.69) is 5.32 Å². The SMILES string of the molecule is CC(C)CC(CNC(=O)C1C2CCCC21)C(=O)O. The van der Waals surface area contributed by atoms with Crippen molar-refractivity contribution >= 4 is 11.9 Å². The minimum absolute atomic E-state index is 0.0831. The summed E-state index contributed by atoms with van der Waals surface area (Å²) in [5.74, 6) is 0.541. The first-order chi connectivity index (χ1) is 8.50. The molecule has 2 N–H and O–H groups in total. The third-order valence-corrected chi connectivity index (χ3v) is 4.34. The zero-order chi connectivity index (χ0) is 13.3. The fourth-order valence-corrected chi connectivity index (χ4v) is 3.39. The number of aliphatic carboxylic acids is 1. The summed E-state index contributed by atoms with van der Waals surface area (Å²) in [4.78, 5) is 23.0. The van der Waals surface area contributed by atoms with Crippen LogP contribution in [-0.2, 0) is 9.59 Å². The highest BCUT2D eigenvalue weighted by atomic mass is 16.4. The smallest absolute Gasteiger partial charge is 0.308 e. The van der Waals surface area contributed by atoms with Crippen LogP contribution in [0.25, 0.3) is 0 Å². The van der Waals surface area contributed by atoms with Crippen molar-refractivity contribution in [3.8, 4) is 0 Å². The van der Waals surface area contributed by atoms with Crippen LogP contribution >= 0.6 is 0 Å². The Kier molecular flexibility index (Phi) is 3.93. The summed E-state index contributed by atoms with van der Waals surface area (Å²) >= 11 is 0. The molecule has 0 bridgehead atoms. The molecule has 102 valence electrons. The number of amides is 1. The van der Waals surface area contributed by atoms with Crippen molar-refractivity contribution in [2.24, 2.45) is 29.6 Å². The third kappa shape index (κ3) is 2.85. The quantitative estimate of drug-likeness (QED) is 0.759. The van der Waals surface area contributed by atoms with Gasteiger partial charge < -0.3 is 10.4 Å². The van der Waals surface area contributed by atoms with Crippen molar-refractivity contribution in [2.45, 2.75) is 39.5 Å². The van der Waals surface area contributed by atoms with E-state index in [0.717, 1.165) is 0 Å². The molecule has 0 aromatic rings. The molecule has 4 heteroatoms.